The molecule has 148 valence electrons. The van der Waals surface area contributed by atoms with Gasteiger partial charge in [-0.2, -0.15) is 0 Å². The number of amides is 1. The maximum absolute atomic E-state index is 12.0. The molecule has 1 amide bonds. The van der Waals surface area contributed by atoms with E-state index < -0.39 is 24.5 Å². The highest BCUT2D eigenvalue weighted by molar-refractivity contribution is 6.01. The van der Waals surface area contributed by atoms with Gasteiger partial charge in [0.15, 0.2) is 6.61 Å². The fourth-order valence-corrected chi connectivity index (χ4v) is 2.39. The second-order valence-electron chi connectivity index (χ2n) is 6.11. The minimum absolute atomic E-state index is 0.0133. The Morgan fingerprint density at radius 3 is 2.54 bits per heavy atom. The lowest BCUT2D eigenvalue weighted by Gasteiger charge is -2.11. The lowest BCUT2D eigenvalue weighted by Crippen LogP contribution is -2.22. The first-order valence-corrected chi connectivity index (χ1v) is 8.73. The molecular weight excluding hydrogens is 362 g/mol. The largest absolute Gasteiger partial charge is 0.493 e. The van der Waals surface area contributed by atoms with Crippen molar-refractivity contribution in [2.24, 2.45) is 0 Å². The van der Waals surface area contributed by atoms with Crippen molar-refractivity contribution in [3.05, 3.63) is 59.2 Å². The van der Waals surface area contributed by atoms with Crippen molar-refractivity contribution in [2.45, 2.75) is 20.3 Å². The van der Waals surface area contributed by atoms with Gasteiger partial charge >= 0.3 is 11.9 Å². The standard InChI is InChI=1S/C21H23NO6/c1-14-8-9-15(2)18(12-14)27-11-10-20(24)28-13-19(23)22-17-7-5-4-6-16(17)21(25)26-3/h4-9,12H,10-11,13H2,1-3H3,(H,22,23). The second kappa shape index (κ2) is 10.1. The number of rotatable bonds is 8. The van der Waals surface area contributed by atoms with Crippen molar-refractivity contribution in [1.29, 1.82) is 0 Å². The number of para-hydroxylation sites is 1. The number of anilines is 1. The van der Waals surface area contributed by atoms with Crippen LogP contribution in [0.5, 0.6) is 5.75 Å². The molecule has 1 N–H and O–H groups in total. The summed E-state index contributed by atoms with van der Waals surface area (Å²) in [5.41, 5.74) is 2.54. The first-order valence-electron chi connectivity index (χ1n) is 8.73. The maximum Gasteiger partial charge on any atom is 0.339 e. The van der Waals surface area contributed by atoms with E-state index in [1.807, 2.05) is 32.0 Å². The van der Waals surface area contributed by atoms with Gasteiger partial charge in [-0.3, -0.25) is 9.59 Å². The van der Waals surface area contributed by atoms with Crippen LogP contribution in [0.4, 0.5) is 5.69 Å². The summed E-state index contributed by atoms with van der Waals surface area (Å²) in [4.78, 5) is 35.5. The van der Waals surface area contributed by atoms with Crippen LogP contribution in [0.15, 0.2) is 42.5 Å². The molecule has 0 heterocycles. The van der Waals surface area contributed by atoms with Crippen LogP contribution in [0.3, 0.4) is 0 Å². The van der Waals surface area contributed by atoms with E-state index in [2.05, 4.69) is 10.1 Å². The van der Waals surface area contributed by atoms with Crippen LogP contribution in [-0.4, -0.2) is 38.2 Å². The van der Waals surface area contributed by atoms with E-state index in [9.17, 15) is 14.4 Å². The van der Waals surface area contributed by atoms with Crippen LogP contribution in [0.2, 0.25) is 0 Å². The Hall–Kier alpha value is -3.35. The van der Waals surface area contributed by atoms with Crippen LogP contribution >= 0.6 is 0 Å². The van der Waals surface area contributed by atoms with Gasteiger partial charge < -0.3 is 19.5 Å². The van der Waals surface area contributed by atoms with E-state index in [1.54, 1.807) is 18.2 Å². The summed E-state index contributed by atoms with van der Waals surface area (Å²) in [6.45, 7) is 3.56. The monoisotopic (exact) mass is 385 g/mol. The van der Waals surface area contributed by atoms with Crippen LogP contribution in [0, 0.1) is 13.8 Å². The molecule has 0 unspecified atom stereocenters. The van der Waals surface area contributed by atoms with E-state index in [4.69, 9.17) is 9.47 Å². The molecule has 2 aromatic rings. The number of carbonyl (C=O) groups is 3. The molecule has 0 radical (unpaired) electrons. The van der Waals surface area contributed by atoms with Crippen LogP contribution in [-0.2, 0) is 19.1 Å². The minimum Gasteiger partial charge on any atom is -0.493 e. The van der Waals surface area contributed by atoms with E-state index in [0.29, 0.717) is 5.75 Å². The van der Waals surface area contributed by atoms with Gasteiger partial charge in [-0.25, -0.2) is 4.79 Å². The Balaban J connectivity index is 1.78. The third-order valence-electron chi connectivity index (χ3n) is 3.88. The van der Waals surface area contributed by atoms with E-state index in [1.165, 1.54) is 13.2 Å². The molecule has 0 atom stereocenters. The van der Waals surface area contributed by atoms with Gasteiger partial charge in [0.25, 0.3) is 5.91 Å². The molecule has 0 saturated carbocycles. The predicted octanol–water partition coefficient (Wildman–Crippen LogP) is 3.04. The third kappa shape index (κ3) is 6.12. The SMILES string of the molecule is COC(=O)c1ccccc1NC(=O)COC(=O)CCOc1cc(C)ccc1C. The summed E-state index contributed by atoms with van der Waals surface area (Å²) >= 11 is 0. The highest BCUT2D eigenvalue weighted by Gasteiger charge is 2.14. The highest BCUT2D eigenvalue weighted by Crippen LogP contribution is 2.19. The van der Waals surface area contributed by atoms with Crippen molar-refractivity contribution in [1.82, 2.24) is 0 Å². The second-order valence-corrected chi connectivity index (χ2v) is 6.11. The fourth-order valence-electron chi connectivity index (χ4n) is 2.39. The lowest BCUT2D eigenvalue weighted by molar-refractivity contribution is -0.147. The van der Waals surface area contributed by atoms with Crippen molar-refractivity contribution in [2.75, 3.05) is 25.6 Å². The first kappa shape index (κ1) is 21.0. The maximum atomic E-state index is 12.0. The molecular formula is C21H23NO6. The molecule has 0 aliphatic carbocycles. The van der Waals surface area contributed by atoms with Crippen molar-refractivity contribution in [3.8, 4) is 5.75 Å². The number of carbonyl (C=O) groups excluding carboxylic acids is 3. The number of ether oxygens (including phenoxy) is 3. The number of aryl methyl sites for hydroxylation is 2. The Kier molecular flexibility index (Phi) is 7.56. The third-order valence-corrected chi connectivity index (χ3v) is 3.88. The average molecular weight is 385 g/mol. The lowest BCUT2D eigenvalue weighted by atomic mass is 10.1. The molecule has 0 aromatic heterocycles. The van der Waals surface area contributed by atoms with Gasteiger partial charge in [0.2, 0.25) is 0 Å². The van der Waals surface area contributed by atoms with Gasteiger partial charge in [-0.1, -0.05) is 24.3 Å². The van der Waals surface area contributed by atoms with Crippen LogP contribution in [0.25, 0.3) is 0 Å². The molecule has 2 rings (SSSR count). The summed E-state index contributed by atoms with van der Waals surface area (Å²) in [6.07, 6.45) is 0.0133. The summed E-state index contributed by atoms with van der Waals surface area (Å²) in [6, 6.07) is 12.2. The average Bonchev–Trinajstić information content (AvgIpc) is 2.69. The minimum atomic E-state index is -0.573. The summed E-state index contributed by atoms with van der Waals surface area (Å²) in [5.74, 6) is -0.969. The Bertz CT molecular complexity index is 862. The summed E-state index contributed by atoms with van der Waals surface area (Å²) in [7, 11) is 1.25. The van der Waals surface area contributed by atoms with E-state index in [-0.39, 0.29) is 24.3 Å². The molecule has 28 heavy (non-hydrogen) atoms. The molecule has 7 nitrogen and oxygen atoms in total. The number of nitrogens with one attached hydrogen (secondary N) is 1. The Labute approximate surface area is 163 Å². The fraction of sp³-hybridized carbons (Fsp3) is 0.286. The normalized spacial score (nSPS) is 10.1. The van der Waals surface area contributed by atoms with Crippen molar-refractivity contribution < 1.29 is 28.6 Å². The van der Waals surface area contributed by atoms with Gasteiger partial charge in [-0.05, 0) is 43.2 Å². The number of benzene rings is 2. The number of hydrogen-bond donors (Lipinski definition) is 1. The molecule has 0 aliphatic heterocycles. The molecule has 2 aromatic carbocycles. The zero-order valence-electron chi connectivity index (χ0n) is 16.1. The molecule has 7 heteroatoms. The van der Waals surface area contributed by atoms with Gasteiger partial charge in [0.05, 0.1) is 31.4 Å². The Morgan fingerprint density at radius 2 is 1.79 bits per heavy atom. The van der Waals surface area contributed by atoms with E-state index in [0.717, 1.165) is 11.1 Å². The predicted molar refractivity (Wildman–Crippen MR) is 103 cm³/mol. The van der Waals surface area contributed by atoms with Gasteiger partial charge in [0.1, 0.15) is 5.75 Å². The molecule has 0 spiro atoms. The van der Waals surface area contributed by atoms with Gasteiger partial charge in [0, 0.05) is 0 Å². The van der Waals surface area contributed by atoms with Crippen LogP contribution in [0.1, 0.15) is 27.9 Å². The van der Waals surface area contributed by atoms with Crippen molar-refractivity contribution >= 4 is 23.5 Å². The summed E-state index contributed by atoms with van der Waals surface area (Å²) < 4.78 is 15.2. The highest BCUT2D eigenvalue weighted by atomic mass is 16.5. The topological polar surface area (TPSA) is 90.9 Å². The van der Waals surface area contributed by atoms with Crippen LogP contribution < -0.4 is 10.1 Å². The number of hydrogen-bond acceptors (Lipinski definition) is 6. The number of methoxy groups -OCH3 is 1. The zero-order chi connectivity index (χ0) is 20.5. The molecule has 0 saturated heterocycles. The van der Waals surface area contributed by atoms with E-state index >= 15 is 0 Å². The Morgan fingerprint density at radius 1 is 1.04 bits per heavy atom. The smallest absolute Gasteiger partial charge is 0.339 e. The van der Waals surface area contributed by atoms with Gasteiger partial charge in [-0.15, -0.1) is 0 Å². The quantitative estimate of drug-likeness (QED) is 0.703. The molecule has 0 fully saturated rings. The zero-order valence-corrected chi connectivity index (χ0v) is 16.1. The first-order chi connectivity index (χ1) is 13.4. The molecule has 0 aliphatic rings. The number of esters is 2. The molecule has 0 bridgehead atoms. The summed E-state index contributed by atoms with van der Waals surface area (Å²) in [5, 5.41) is 2.53. The van der Waals surface area contributed by atoms with Crippen molar-refractivity contribution in [3.63, 3.8) is 0 Å².